The summed E-state index contributed by atoms with van der Waals surface area (Å²) in [5.41, 5.74) is 1.44. The highest BCUT2D eigenvalue weighted by Crippen LogP contribution is 2.31. The molecule has 0 aromatic heterocycles. The van der Waals surface area contributed by atoms with Gasteiger partial charge in [0.05, 0.1) is 0 Å². The highest BCUT2D eigenvalue weighted by molar-refractivity contribution is 5.33. The molecule has 1 aromatic carbocycles. The quantitative estimate of drug-likeness (QED) is 0.897. The Morgan fingerprint density at radius 1 is 1.30 bits per heavy atom. The van der Waals surface area contributed by atoms with Crippen molar-refractivity contribution in [2.24, 2.45) is 0 Å². The standard InChI is InChI=1S/C17H27NO2/c1-6-18-14-11-15(16(14)19-5)20-13-9-7-8-12(10-13)17(2,3)4/h7-10,14-16,18H,6,11H2,1-5H3. The molecule has 3 unspecified atom stereocenters. The zero-order chi connectivity index (χ0) is 14.8. The van der Waals surface area contributed by atoms with E-state index in [0.717, 1.165) is 18.7 Å². The highest BCUT2D eigenvalue weighted by Gasteiger charge is 2.42. The van der Waals surface area contributed by atoms with E-state index in [0.29, 0.717) is 6.04 Å². The smallest absolute Gasteiger partial charge is 0.128 e. The zero-order valence-electron chi connectivity index (χ0n) is 13.3. The van der Waals surface area contributed by atoms with E-state index in [1.54, 1.807) is 7.11 Å². The van der Waals surface area contributed by atoms with Crippen molar-refractivity contribution < 1.29 is 9.47 Å². The summed E-state index contributed by atoms with van der Waals surface area (Å²) in [5, 5.41) is 3.43. The van der Waals surface area contributed by atoms with Gasteiger partial charge < -0.3 is 14.8 Å². The SMILES string of the molecule is CCNC1CC(Oc2cccc(C(C)(C)C)c2)C1OC. The fourth-order valence-corrected chi connectivity index (χ4v) is 2.69. The number of rotatable bonds is 5. The third-order valence-corrected chi connectivity index (χ3v) is 3.98. The summed E-state index contributed by atoms with van der Waals surface area (Å²) in [6.07, 6.45) is 1.30. The van der Waals surface area contributed by atoms with Gasteiger partial charge in [0.25, 0.3) is 0 Å². The summed E-state index contributed by atoms with van der Waals surface area (Å²) in [4.78, 5) is 0. The summed E-state index contributed by atoms with van der Waals surface area (Å²) >= 11 is 0. The molecule has 0 aliphatic heterocycles. The largest absolute Gasteiger partial charge is 0.488 e. The lowest BCUT2D eigenvalue weighted by molar-refractivity contribution is -0.0884. The van der Waals surface area contributed by atoms with Gasteiger partial charge in [-0.25, -0.2) is 0 Å². The highest BCUT2D eigenvalue weighted by atomic mass is 16.5. The Hall–Kier alpha value is -1.06. The number of nitrogens with one attached hydrogen (secondary N) is 1. The molecule has 0 bridgehead atoms. The average molecular weight is 277 g/mol. The van der Waals surface area contributed by atoms with Gasteiger partial charge in [-0.3, -0.25) is 0 Å². The van der Waals surface area contributed by atoms with E-state index >= 15 is 0 Å². The lowest BCUT2D eigenvalue weighted by atomic mass is 9.84. The Bertz CT molecular complexity index is 439. The second-order valence-corrected chi connectivity index (χ2v) is 6.53. The van der Waals surface area contributed by atoms with Gasteiger partial charge in [-0.05, 0) is 29.7 Å². The van der Waals surface area contributed by atoms with Crippen LogP contribution in [0.3, 0.4) is 0 Å². The average Bonchev–Trinajstić information content (AvgIpc) is 2.37. The number of methoxy groups -OCH3 is 1. The fourth-order valence-electron chi connectivity index (χ4n) is 2.69. The second kappa shape index (κ2) is 6.15. The van der Waals surface area contributed by atoms with Crippen LogP contribution in [-0.2, 0) is 10.2 Å². The minimum Gasteiger partial charge on any atom is -0.488 e. The molecule has 0 saturated heterocycles. The van der Waals surface area contributed by atoms with Crippen LogP contribution >= 0.6 is 0 Å². The topological polar surface area (TPSA) is 30.5 Å². The van der Waals surface area contributed by atoms with Crippen molar-refractivity contribution in [2.45, 2.75) is 57.8 Å². The predicted octanol–water partition coefficient (Wildman–Crippen LogP) is 3.13. The normalized spacial score (nSPS) is 26.1. The molecule has 112 valence electrons. The maximum Gasteiger partial charge on any atom is 0.128 e. The van der Waals surface area contributed by atoms with Crippen LogP contribution in [0.15, 0.2) is 24.3 Å². The van der Waals surface area contributed by atoms with Crippen LogP contribution in [0.2, 0.25) is 0 Å². The molecular formula is C17H27NO2. The van der Waals surface area contributed by atoms with Gasteiger partial charge in [0.1, 0.15) is 18.0 Å². The van der Waals surface area contributed by atoms with E-state index < -0.39 is 0 Å². The molecule has 1 saturated carbocycles. The van der Waals surface area contributed by atoms with Crippen molar-refractivity contribution >= 4 is 0 Å². The van der Waals surface area contributed by atoms with E-state index in [4.69, 9.17) is 9.47 Å². The maximum atomic E-state index is 6.10. The molecule has 0 radical (unpaired) electrons. The first kappa shape index (κ1) is 15.3. The summed E-state index contributed by atoms with van der Waals surface area (Å²) in [6.45, 7) is 9.74. The van der Waals surface area contributed by atoms with E-state index in [2.05, 4.69) is 51.2 Å². The number of benzene rings is 1. The molecule has 3 atom stereocenters. The van der Waals surface area contributed by atoms with E-state index in [1.165, 1.54) is 5.56 Å². The van der Waals surface area contributed by atoms with Gasteiger partial charge in [-0.15, -0.1) is 0 Å². The third-order valence-electron chi connectivity index (χ3n) is 3.98. The Balaban J connectivity index is 2.01. The Morgan fingerprint density at radius 3 is 2.65 bits per heavy atom. The second-order valence-electron chi connectivity index (χ2n) is 6.53. The van der Waals surface area contributed by atoms with Crippen LogP contribution in [0.5, 0.6) is 5.75 Å². The van der Waals surface area contributed by atoms with E-state index in [9.17, 15) is 0 Å². The van der Waals surface area contributed by atoms with E-state index in [1.807, 2.05) is 6.07 Å². The Labute approximate surface area is 122 Å². The van der Waals surface area contributed by atoms with Gasteiger partial charge in [-0.1, -0.05) is 39.8 Å². The van der Waals surface area contributed by atoms with Crippen molar-refractivity contribution in [1.82, 2.24) is 5.32 Å². The van der Waals surface area contributed by atoms with Crippen LogP contribution in [0, 0.1) is 0 Å². The van der Waals surface area contributed by atoms with Crippen LogP contribution in [0.4, 0.5) is 0 Å². The number of hydrogen-bond donors (Lipinski definition) is 1. The summed E-state index contributed by atoms with van der Waals surface area (Å²) < 4.78 is 11.6. The minimum absolute atomic E-state index is 0.145. The van der Waals surface area contributed by atoms with Crippen molar-refractivity contribution in [3.63, 3.8) is 0 Å². The minimum atomic E-state index is 0.145. The Morgan fingerprint density at radius 2 is 2.05 bits per heavy atom. The monoisotopic (exact) mass is 277 g/mol. The van der Waals surface area contributed by atoms with Crippen molar-refractivity contribution in [3.8, 4) is 5.75 Å². The molecule has 0 heterocycles. The third kappa shape index (κ3) is 3.33. The van der Waals surface area contributed by atoms with Crippen molar-refractivity contribution in [2.75, 3.05) is 13.7 Å². The number of ether oxygens (including phenoxy) is 2. The van der Waals surface area contributed by atoms with Crippen LogP contribution < -0.4 is 10.1 Å². The van der Waals surface area contributed by atoms with Crippen molar-refractivity contribution in [1.29, 1.82) is 0 Å². The molecule has 0 spiro atoms. The summed E-state index contributed by atoms with van der Waals surface area (Å²) in [7, 11) is 1.76. The molecule has 3 heteroatoms. The maximum absolute atomic E-state index is 6.10. The van der Waals surface area contributed by atoms with Crippen LogP contribution in [0.1, 0.15) is 39.7 Å². The molecule has 1 aromatic rings. The number of likely N-dealkylation sites (N-methyl/N-ethyl adjacent to an activating group) is 1. The van der Waals surface area contributed by atoms with E-state index in [-0.39, 0.29) is 17.6 Å². The van der Waals surface area contributed by atoms with Crippen LogP contribution in [-0.4, -0.2) is 31.9 Å². The van der Waals surface area contributed by atoms with Crippen LogP contribution in [0.25, 0.3) is 0 Å². The molecular weight excluding hydrogens is 250 g/mol. The first-order valence-corrected chi connectivity index (χ1v) is 7.49. The van der Waals surface area contributed by atoms with Crippen molar-refractivity contribution in [3.05, 3.63) is 29.8 Å². The molecule has 20 heavy (non-hydrogen) atoms. The van der Waals surface area contributed by atoms with Gasteiger partial charge in [-0.2, -0.15) is 0 Å². The van der Waals surface area contributed by atoms with Gasteiger partial charge in [0, 0.05) is 19.6 Å². The molecule has 2 rings (SSSR count). The molecule has 1 fully saturated rings. The summed E-state index contributed by atoms with van der Waals surface area (Å²) in [6, 6.07) is 8.82. The zero-order valence-corrected chi connectivity index (χ0v) is 13.3. The van der Waals surface area contributed by atoms with Gasteiger partial charge >= 0.3 is 0 Å². The molecule has 1 N–H and O–H groups in total. The summed E-state index contributed by atoms with van der Waals surface area (Å²) in [5.74, 6) is 0.944. The first-order valence-electron chi connectivity index (χ1n) is 7.49. The van der Waals surface area contributed by atoms with Gasteiger partial charge in [0.15, 0.2) is 0 Å². The number of hydrogen-bond acceptors (Lipinski definition) is 3. The first-order chi connectivity index (χ1) is 9.45. The molecule has 1 aliphatic carbocycles. The lowest BCUT2D eigenvalue weighted by Gasteiger charge is -2.43. The predicted molar refractivity (Wildman–Crippen MR) is 82.4 cm³/mol. The Kier molecular flexibility index (Phi) is 4.71. The molecule has 3 nitrogen and oxygen atoms in total. The lowest BCUT2D eigenvalue weighted by Crippen LogP contribution is -2.60. The van der Waals surface area contributed by atoms with Gasteiger partial charge in [0.2, 0.25) is 0 Å². The molecule has 1 aliphatic rings. The molecule has 0 amide bonds. The fraction of sp³-hybridized carbons (Fsp3) is 0.647.